The molecule has 6 nitrogen and oxygen atoms in total. The normalized spacial score (nSPS) is 16.9. The van der Waals surface area contributed by atoms with E-state index in [0.29, 0.717) is 6.04 Å². The van der Waals surface area contributed by atoms with Crippen LogP contribution < -0.4 is 0 Å². The minimum Gasteiger partial charge on any atom is -0.338 e. The Morgan fingerprint density at radius 3 is 2.66 bits per heavy atom. The van der Waals surface area contributed by atoms with E-state index < -0.39 is 0 Å². The van der Waals surface area contributed by atoms with Crippen LogP contribution >= 0.6 is 0 Å². The largest absolute Gasteiger partial charge is 0.338 e. The summed E-state index contributed by atoms with van der Waals surface area (Å²) in [5.41, 5.74) is 9.74. The number of hydrogen-bond acceptors (Lipinski definition) is 3. The number of hydrogen-bond donors (Lipinski definition) is 1. The first kappa shape index (κ1) is 21.8. The third-order valence-electron chi connectivity index (χ3n) is 8.10. The lowest BCUT2D eigenvalue weighted by molar-refractivity contribution is -0.149. The Bertz CT molecular complexity index is 1450. The summed E-state index contributed by atoms with van der Waals surface area (Å²) < 4.78 is 2.26. The second-order valence-corrected chi connectivity index (χ2v) is 10.3. The van der Waals surface area contributed by atoms with Crippen LogP contribution in [-0.2, 0) is 11.2 Å². The van der Waals surface area contributed by atoms with Crippen LogP contribution in [0.3, 0.4) is 0 Å². The van der Waals surface area contributed by atoms with Gasteiger partial charge in [-0.15, -0.1) is 0 Å². The molecule has 2 aliphatic rings. The molecule has 4 aromatic rings. The van der Waals surface area contributed by atoms with Crippen molar-refractivity contribution in [3.8, 4) is 22.4 Å². The summed E-state index contributed by atoms with van der Waals surface area (Å²) in [6.45, 7) is 11.9. The van der Waals surface area contributed by atoms with Crippen molar-refractivity contribution in [2.24, 2.45) is 5.41 Å². The number of carbonyl (C=O) groups is 1. The van der Waals surface area contributed by atoms with Crippen LogP contribution in [0.5, 0.6) is 0 Å². The minimum absolute atomic E-state index is 0. The number of nitrogens with one attached hydrogen (secondary N) is 1. The van der Waals surface area contributed by atoms with Gasteiger partial charge in [0.25, 0.3) is 0 Å². The number of likely N-dealkylation sites (tertiary alicyclic amines) is 1. The maximum absolute atomic E-state index is 11.9. The molecule has 1 N–H and O–H groups in total. The number of aryl methyl sites for hydroxylation is 1. The van der Waals surface area contributed by atoms with Gasteiger partial charge in [-0.2, -0.15) is 10.2 Å². The fourth-order valence-electron chi connectivity index (χ4n) is 6.40. The van der Waals surface area contributed by atoms with Crippen LogP contribution in [0.25, 0.3) is 33.3 Å². The summed E-state index contributed by atoms with van der Waals surface area (Å²) >= 11 is 0. The van der Waals surface area contributed by atoms with Crippen LogP contribution in [0.4, 0.5) is 0 Å². The zero-order chi connectivity index (χ0) is 24.3. The number of aromatic nitrogens is 4. The van der Waals surface area contributed by atoms with Gasteiger partial charge in [-0.05, 0) is 56.4 Å². The number of carbonyl (C=O) groups excluding carboxylic acids is 1. The number of benzene rings is 2. The molecule has 35 heavy (non-hydrogen) atoms. The highest BCUT2D eigenvalue weighted by molar-refractivity contribution is 6.01. The molecule has 0 bridgehead atoms. The van der Waals surface area contributed by atoms with Crippen LogP contribution in [0.1, 0.15) is 44.1 Å². The first-order valence-electron chi connectivity index (χ1n) is 12.5. The molecular weight excluding hydrogens is 434 g/mol. The summed E-state index contributed by atoms with van der Waals surface area (Å²) in [4.78, 5) is 13.8. The molecule has 1 amide bonds. The van der Waals surface area contributed by atoms with Gasteiger partial charge in [0.1, 0.15) is 5.69 Å². The van der Waals surface area contributed by atoms with E-state index in [0.717, 1.165) is 54.5 Å². The Balaban J connectivity index is 0.00000267. The first-order chi connectivity index (χ1) is 16.9. The molecule has 1 aliphatic carbocycles. The van der Waals surface area contributed by atoms with E-state index in [4.69, 9.17) is 5.10 Å². The zero-order valence-electron chi connectivity index (χ0n) is 20.6. The van der Waals surface area contributed by atoms with Crippen molar-refractivity contribution in [2.45, 2.75) is 46.1 Å². The van der Waals surface area contributed by atoms with Crippen LogP contribution in [0.2, 0.25) is 0 Å². The number of amides is 1. The molecule has 0 radical (unpaired) electrons. The fraction of sp³-hybridized carbons (Fsp3) is 0.345. The molecule has 180 valence electrons. The Morgan fingerprint density at radius 2 is 1.97 bits per heavy atom. The van der Waals surface area contributed by atoms with Gasteiger partial charge in [0.15, 0.2) is 0 Å². The van der Waals surface area contributed by atoms with Gasteiger partial charge in [0.2, 0.25) is 5.91 Å². The highest BCUT2D eigenvalue weighted by Gasteiger charge is 2.54. The molecule has 2 fully saturated rings. The summed E-state index contributed by atoms with van der Waals surface area (Å²) in [6.07, 6.45) is 6.43. The molecule has 2 aromatic carbocycles. The second kappa shape index (κ2) is 7.94. The smallest absolute Gasteiger partial charge is 0.245 e. The molecule has 6 heteroatoms. The summed E-state index contributed by atoms with van der Waals surface area (Å²) in [7, 11) is 0. The molecule has 1 saturated heterocycles. The van der Waals surface area contributed by atoms with Gasteiger partial charge in [0, 0.05) is 47.7 Å². The quantitative estimate of drug-likeness (QED) is 0.373. The van der Waals surface area contributed by atoms with E-state index >= 15 is 0 Å². The highest BCUT2D eigenvalue weighted by Crippen LogP contribution is 2.55. The predicted molar refractivity (Wildman–Crippen MR) is 141 cm³/mol. The van der Waals surface area contributed by atoms with Crippen molar-refractivity contribution >= 4 is 16.8 Å². The van der Waals surface area contributed by atoms with Gasteiger partial charge in [-0.25, -0.2) is 0 Å². The minimum atomic E-state index is 0. The van der Waals surface area contributed by atoms with Gasteiger partial charge >= 0.3 is 0 Å². The van der Waals surface area contributed by atoms with Crippen molar-refractivity contribution in [3.63, 3.8) is 0 Å². The van der Waals surface area contributed by atoms with Gasteiger partial charge in [-0.1, -0.05) is 43.8 Å². The first-order valence-corrected chi connectivity index (χ1v) is 12.5. The van der Waals surface area contributed by atoms with Crippen molar-refractivity contribution in [1.82, 2.24) is 24.9 Å². The topological polar surface area (TPSA) is 66.8 Å². The molecule has 3 heterocycles. The van der Waals surface area contributed by atoms with E-state index in [1.54, 1.807) is 0 Å². The summed E-state index contributed by atoms with van der Waals surface area (Å²) in [5, 5.41) is 14.0. The summed E-state index contributed by atoms with van der Waals surface area (Å²) in [6, 6.07) is 13.1. The standard InChI is InChI=1S/C29H31N5O.H2/c1-5-22-18(3)12-24-23(15-30-31-24)27(22)26-19(4)34(32-28(26)20-10-8-7-9-11-20)21-13-29(14-21)16-33(17-29)25(35)6-2;/h6-12,15,21H,2,5,13-14,16-17H2,1,3-4H3,(H,30,31);1H. The molecule has 1 saturated carbocycles. The lowest BCUT2D eigenvalue weighted by Crippen LogP contribution is -2.63. The van der Waals surface area contributed by atoms with E-state index in [2.05, 4.69) is 72.6 Å². The molecule has 0 atom stereocenters. The molecule has 6 rings (SSSR count). The molecule has 1 aliphatic heterocycles. The average molecular weight is 468 g/mol. The average Bonchev–Trinajstić information content (AvgIpc) is 3.41. The van der Waals surface area contributed by atoms with Crippen LogP contribution in [0, 0.1) is 19.3 Å². The van der Waals surface area contributed by atoms with Crippen molar-refractivity contribution in [1.29, 1.82) is 0 Å². The lowest BCUT2D eigenvalue weighted by atomic mass is 9.60. The Kier molecular flexibility index (Phi) is 4.95. The third kappa shape index (κ3) is 3.27. The van der Waals surface area contributed by atoms with Gasteiger partial charge in [-0.3, -0.25) is 14.6 Å². The van der Waals surface area contributed by atoms with Crippen LogP contribution in [0.15, 0.2) is 55.3 Å². The SMILES string of the molecule is C=CC(=O)N1CC2(CC(n3nc(-c4ccccc4)c(-c4c(CC)c(C)cc5[nH]ncc45)c3C)C2)C1.[HH]. The number of fused-ring (bicyclic) bond motifs is 1. The van der Waals surface area contributed by atoms with E-state index in [-0.39, 0.29) is 12.7 Å². The van der Waals surface area contributed by atoms with Gasteiger partial charge < -0.3 is 4.90 Å². The number of H-pyrrole nitrogens is 1. The predicted octanol–water partition coefficient (Wildman–Crippen LogP) is 5.87. The maximum Gasteiger partial charge on any atom is 0.245 e. The zero-order valence-corrected chi connectivity index (χ0v) is 20.6. The van der Waals surface area contributed by atoms with Gasteiger partial charge in [0.05, 0.1) is 17.8 Å². The molecule has 0 unspecified atom stereocenters. The molecule has 2 aromatic heterocycles. The molecular formula is C29H33N5O. The van der Waals surface area contributed by atoms with Crippen molar-refractivity contribution < 1.29 is 6.22 Å². The lowest BCUT2D eigenvalue weighted by Gasteiger charge is -2.58. The van der Waals surface area contributed by atoms with E-state index in [9.17, 15) is 4.79 Å². The fourth-order valence-corrected chi connectivity index (χ4v) is 6.40. The van der Waals surface area contributed by atoms with Crippen LogP contribution in [-0.4, -0.2) is 43.9 Å². The summed E-state index contributed by atoms with van der Waals surface area (Å²) in [5.74, 6) is 0.0404. The van der Waals surface area contributed by atoms with Crippen molar-refractivity contribution in [3.05, 3.63) is 72.1 Å². The Hall–Kier alpha value is -3.67. The Morgan fingerprint density at radius 1 is 1.23 bits per heavy atom. The second-order valence-electron chi connectivity index (χ2n) is 10.3. The number of nitrogens with zero attached hydrogens (tertiary/aromatic N) is 4. The maximum atomic E-state index is 11.9. The monoisotopic (exact) mass is 467 g/mol. The highest BCUT2D eigenvalue weighted by atomic mass is 16.2. The molecule has 1 spiro atoms. The van der Waals surface area contributed by atoms with E-state index in [1.807, 2.05) is 17.2 Å². The Labute approximate surface area is 207 Å². The number of aromatic amines is 1. The van der Waals surface area contributed by atoms with E-state index in [1.165, 1.54) is 34.0 Å². The number of rotatable bonds is 5. The van der Waals surface area contributed by atoms with Crippen molar-refractivity contribution in [2.75, 3.05) is 13.1 Å². The third-order valence-corrected chi connectivity index (χ3v) is 8.10.